The maximum absolute atomic E-state index is 12.5. The van der Waals surface area contributed by atoms with Gasteiger partial charge in [-0.15, -0.1) is 0 Å². The third-order valence-corrected chi connectivity index (χ3v) is 5.38. The molecule has 0 aliphatic carbocycles. The Bertz CT molecular complexity index is 328. The van der Waals surface area contributed by atoms with Gasteiger partial charge in [-0.25, -0.2) is 0 Å². The van der Waals surface area contributed by atoms with Gasteiger partial charge < -0.3 is 15.1 Å². The molecule has 0 saturated carbocycles. The van der Waals surface area contributed by atoms with Gasteiger partial charge in [0, 0.05) is 26.1 Å². The van der Waals surface area contributed by atoms with E-state index in [2.05, 4.69) is 36.0 Å². The Morgan fingerprint density at radius 2 is 2.24 bits per heavy atom. The molecule has 2 aliphatic heterocycles. The van der Waals surface area contributed by atoms with Crippen LogP contribution in [0.2, 0.25) is 0 Å². The molecule has 0 bridgehead atoms. The van der Waals surface area contributed by atoms with E-state index in [4.69, 9.17) is 0 Å². The maximum atomic E-state index is 12.5. The van der Waals surface area contributed by atoms with Crippen molar-refractivity contribution in [1.82, 2.24) is 15.1 Å². The molecule has 1 amide bonds. The topological polar surface area (TPSA) is 35.6 Å². The molecular weight excluding hydrogens is 262 g/mol. The summed E-state index contributed by atoms with van der Waals surface area (Å²) in [5, 5.41) is 3.46. The Labute approximate surface area is 130 Å². The van der Waals surface area contributed by atoms with Gasteiger partial charge in [0.15, 0.2) is 0 Å². The van der Waals surface area contributed by atoms with Gasteiger partial charge in [0.25, 0.3) is 0 Å². The minimum atomic E-state index is 0.384. The summed E-state index contributed by atoms with van der Waals surface area (Å²) < 4.78 is 0. The predicted molar refractivity (Wildman–Crippen MR) is 87.2 cm³/mol. The molecule has 21 heavy (non-hydrogen) atoms. The first kappa shape index (κ1) is 16.8. The van der Waals surface area contributed by atoms with Crippen LogP contribution in [0.15, 0.2) is 0 Å². The molecular formula is C17H33N3O. The van der Waals surface area contributed by atoms with E-state index in [0.717, 1.165) is 45.7 Å². The lowest BCUT2D eigenvalue weighted by atomic mass is 9.85. The number of nitrogens with zero attached hydrogens (tertiary/aromatic N) is 2. The van der Waals surface area contributed by atoms with Crippen LogP contribution in [0.5, 0.6) is 0 Å². The van der Waals surface area contributed by atoms with Crippen LogP contribution in [-0.4, -0.2) is 62.0 Å². The van der Waals surface area contributed by atoms with E-state index < -0.39 is 0 Å². The highest BCUT2D eigenvalue weighted by atomic mass is 16.2. The first-order valence-electron chi connectivity index (χ1n) is 8.77. The molecule has 2 heterocycles. The zero-order valence-electron chi connectivity index (χ0n) is 14.1. The number of piperidine rings is 1. The van der Waals surface area contributed by atoms with E-state index in [-0.39, 0.29) is 0 Å². The fourth-order valence-electron chi connectivity index (χ4n) is 3.71. The average molecular weight is 295 g/mol. The molecule has 2 rings (SSSR count). The molecule has 4 heteroatoms. The van der Waals surface area contributed by atoms with Crippen LogP contribution in [0.25, 0.3) is 0 Å². The summed E-state index contributed by atoms with van der Waals surface area (Å²) in [6.07, 6.45) is 4.46. The lowest BCUT2D eigenvalue weighted by Gasteiger charge is -2.29. The molecule has 4 nitrogen and oxygen atoms in total. The highest BCUT2D eigenvalue weighted by Crippen LogP contribution is 2.25. The first-order chi connectivity index (χ1) is 10.1. The second kappa shape index (κ2) is 8.14. The Balaban J connectivity index is 1.73. The van der Waals surface area contributed by atoms with Crippen molar-refractivity contribution in [3.8, 4) is 0 Å². The van der Waals surface area contributed by atoms with Crippen LogP contribution in [0.3, 0.4) is 0 Å². The lowest BCUT2D eigenvalue weighted by Crippen LogP contribution is -2.37. The van der Waals surface area contributed by atoms with Crippen LogP contribution in [0, 0.1) is 17.8 Å². The van der Waals surface area contributed by atoms with Gasteiger partial charge in [-0.3, -0.25) is 4.79 Å². The lowest BCUT2D eigenvalue weighted by molar-refractivity contribution is -0.131. The fraction of sp³-hybridized carbons (Fsp3) is 0.941. The third-order valence-electron chi connectivity index (χ3n) is 5.38. The zero-order chi connectivity index (χ0) is 15.2. The number of nitrogens with one attached hydrogen (secondary N) is 1. The molecule has 1 N–H and O–H groups in total. The molecule has 0 radical (unpaired) electrons. The van der Waals surface area contributed by atoms with Crippen molar-refractivity contribution in [3.63, 3.8) is 0 Å². The van der Waals surface area contributed by atoms with E-state index in [9.17, 15) is 4.79 Å². The molecule has 0 aromatic carbocycles. The standard InChI is InChI=1S/C17H33N3O/c1-4-19(3)12-15-7-9-20(13-15)17(21)10-14(2)16-6-5-8-18-11-16/h14-16,18H,4-13H2,1-3H3. The molecule has 0 aromatic rings. The number of carbonyl (C=O) groups is 1. The average Bonchev–Trinajstić information content (AvgIpc) is 2.96. The van der Waals surface area contributed by atoms with E-state index in [0.29, 0.717) is 23.7 Å². The largest absolute Gasteiger partial charge is 0.342 e. The van der Waals surface area contributed by atoms with Gasteiger partial charge in [-0.2, -0.15) is 0 Å². The van der Waals surface area contributed by atoms with Gasteiger partial charge in [-0.05, 0) is 63.7 Å². The van der Waals surface area contributed by atoms with Crippen LogP contribution >= 0.6 is 0 Å². The Morgan fingerprint density at radius 3 is 2.90 bits per heavy atom. The second-order valence-corrected chi connectivity index (χ2v) is 7.14. The van der Waals surface area contributed by atoms with Crippen LogP contribution in [-0.2, 0) is 4.79 Å². The minimum absolute atomic E-state index is 0.384. The fourth-order valence-corrected chi connectivity index (χ4v) is 3.71. The summed E-state index contributed by atoms with van der Waals surface area (Å²) in [5.74, 6) is 2.26. The zero-order valence-corrected chi connectivity index (χ0v) is 14.1. The molecule has 3 unspecified atom stereocenters. The number of likely N-dealkylation sites (tertiary alicyclic amines) is 1. The van der Waals surface area contributed by atoms with Gasteiger partial charge in [0.05, 0.1) is 0 Å². The molecule has 2 fully saturated rings. The highest BCUT2D eigenvalue weighted by molar-refractivity contribution is 5.76. The van der Waals surface area contributed by atoms with Gasteiger partial charge >= 0.3 is 0 Å². The summed E-state index contributed by atoms with van der Waals surface area (Å²) in [5.41, 5.74) is 0. The SMILES string of the molecule is CCN(C)CC1CCN(C(=O)CC(C)C2CCCNC2)C1. The summed E-state index contributed by atoms with van der Waals surface area (Å²) in [6, 6.07) is 0. The Morgan fingerprint density at radius 1 is 1.43 bits per heavy atom. The summed E-state index contributed by atoms with van der Waals surface area (Å²) in [7, 11) is 2.17. The Hall–Kier alpha value is -0.610. The van der Waals surface area contributed by atoms with Crippen molar-refractivity contribution in [1.29, 1.82) is 0 Å². The van der Waals surface area contributed by atoms with Crippen LogP contribution < -0.4 is 5.32 Å². The van der Waals surface area contributed by atoms with Gasteiger partial charge in [-0.1, -0.05) is 13.8 Å². The highest BCUT2D eigenvalue weighted by Gasteiger charge is 2.29. The molecule has 122 valence electrons. The van der Waals surface area contributed by atoms with E-state index in [1.807, 2.05) is 0 Å². The van der Waals surface area contributed by atoms with Crippen LogP contribution in [0.1, 0.15) is 39.5 Å². The monoisotopic (exact) mass is 295 g/mol. The first-order valence-corrected chi connectivity index (χ1v) is 8.77. The Kier molecular flexibility index (Phi) is 6.49. The molecule has 2 aliphatic rings. The third kappa shape index (κ3) is 4.96. The summed E-state index contributed by atoms with van der Waals surface area (Å²) in [6.45, 7) is 10.9. The molecule has 2 saturated heterocycles. The van der Waals surface area contributed by atoms with Crippen molar-refractivity contribution >= 4 is 5.91 Å². The normalized spacial score (nSPS) is 28.1. The van der Waals surface area contributed by atoms with Crippen molar-refractivity contribution < 1.29 is 4.79 Å². The number of hydrogen-bond acceptors (Lipinski definition) is 3. The van der Waals surface area contributed by atoms with Crippen molar-refractivity contribution in [3.05, 3.63) is 0 Å². The summed E-state index contributed by atoms with van der Waals surface area (Å²) >= 11 is 0. The minimum Gasteiger partial charge on any atom is -0.342 e. The van der Waals surface area contributed by atoms with Gasteiger partial charge in [0.2, 0.25) is 5.91 Å². The number of hydrogen-bond donors (Lipinski definition) is 1. The number of rotatable bonds is 6. The molecule has 3 atom stereocenters. The molecule has 0 aromatic heterocycles. The maximum Gasteiger partial charge on any atom is 0.222 e. The summed E-state index contributed by atoms with van der Waals surface area (Å²) in [4.78, 5) is 17.0. The number of carbonyl (C=O) groups excluding carboxylic acids is 1. The second-order valence-electron chi connectivity index (χ2n) is 7.14. The van der Waals surface area contributed by atoms with Crippen molar-refractivity contribution in [2.24, 2.45) is 17.8 Å². The van der Waals surface area contributed by atoms with E-state index in [1.54, 1.807) is 0 Å². The van der Waals surface area contributed by atoms with E-state index >= 15 is 0 Å². The van der Waals surface area contributed by atoms with Crippen molar-refractivity contribution in [2.75, 3.05) is 46.3 Å². The van der Waals surface area contributed by atoms with Crippen molar-refractivity contribution in [2.45, 2.75) is 39.5 Å². The van der Waals surface area contributed by atoms with Crippen LogP contribution in [0.4, 0.5) is 0 Å². The molecule has 0 spiro atoms. The van der Waals surface area contributed by atoms with E-state index in [1.165, 1.54) is 19.3 Å². The smallest absolute Gasteiger partial charge is 0.222 e. The quantitative estimate of drug-likeness (QED) is 0.812. The van der Waals surface area contributed by atoms with Gasteiger partial charge in [0.1, 0.15) is 0 Å². The predicted octanol–water partition coefficient (Wildman–Crippen LogP) is 1.81. The number of amides is 1.